The fourth-order valence-corrected chi connectivity index (χ4v) is 2.09. The first kappa shape index (κ1) is 11.0. The molecular formula is C9H12Br2N2. The van der Waals surface area contributed by atoms with Gasteiger partial charge in [-0.1, -0.05) is 13.8 Å². The third-order valence-electron chi connectivity index (χ3n) is 1.68. The highest BCUT2D eigenvalue weighted by Crippen LogP contribution is 2.30. The van der Waals surface area contributed by atoms with E-state index in [-0.39, 0.29) is 0 Å². The molecule has 0 bridgehead atoms. The Bertz CT molecular complexity index is 311. The molecule has 0 aliphatic carbocycles. The van der Waals surface area contributed by atoms with Crippen LogP contribution in [0.4, 0.5) is 5.69 Å². The van der Waals surface area contributed by atoms with Crippen LogP contribution in [0.15, 0.2) is 15.1 Å². The molecule has 0 spiro atoms. The van der Waals surface area contributed by atoms with Gasteiger partial charge in [0.2, 0.25) is 0 Å². The molecule has 0 unspecified atom stereocenters. The van der Waals surface area contributed by atoms with Gasteiger partial charge in [-0.3, -0.25) is 4.98 Å². The van der Waals surface area contributed by atoms with E-state index in [4.69, 9.17) is 5.73 Å². The molecule has 0 atom stereocenters. The highest BCUT2D eigenvalue weighted by Gasteiger charge is 2.09. The molecule has 1 heterocycles. The van der Waals surface area contributed by atoms with E-state index >= 15 is 0 Å². The first-order chi connectivity index (χ1) is 6.02. The number of nitrogens with two attached hydrogens (primary N) is 1. The van der Waals surface area contributed by atoms with Gasteiger partial charge in [-0.2, -0.15) is 0 Å². The molecular weight excluding hydrogens is 296 g/mol. The lowest BCUT2D eigenvalue weighted by molar-refractivity contribution is 0.633. The smallest absolute Gasteiger partial charge is 0.0637 e. The van der Waals surface area contributed by atoms with Crippen LogP contribution in [0.2, 0.25) is 0 Å². The summed E-state index contributed by atoms with van der Waals surface area (Å²) in [5.41, 5.74) is 7.58. The highest BCUT2D eigenvalue weighted by molar-refractivity contribution is 9.11. The Labute approximate surface area is 95.2 Å². The van der Waals surface area contributed by atoms with Crippen LogP contribution in [0, 0.1) is 5.92 Å². The summed E-state index contributed by atoms with van der Waals surface area (Å²) in [7, 11) is 0. The topological polar surface area (TPSA) is 38.9 Å². The molecule has 72 valence electrons. The fraction of sp³-hybridized carbons (Fsp3) is 0.444. The van der Waals surface area contributed by atoms with Gasteiger partial charge in [0.15, 0.2) is 0 Å². The molecule has 13 heavy (non-hydrogen) atoms. The van der Waals surface area contributed by atoms with Gasteiger partial charge < -0.3 is 5.73 Å². The summed E-state index contributed by atoms with van der Waals surface area (Å²) in [5.74, 6) is 0.587. The fourth-order valence-electron chi connectivity index (χ4n) is 1.05. The van der Waals surface area contributed by atoms with Crippen LogP contribution in [0.1, 0.15) is 19.5 Å². The van der Waals surface area contributed by atoms with Crippen molar-refractivity contribution in [1.82, 2.24) is 4.98 Å². The molecule has 2 N–H and O–H groups in total. The zero-order chi connectivity index (χ0) is 10.0. The Balaban J connectivity index is 3.04. The second-order valence-corrected chi connectivity index (χ2v) is 5.03. The van der Waals surface area contributed by atoms with E-state index in [1.54, 1.807) is 6.20 Å². The van der Waals surface area contributed by atoms with Gasteiger partial charge in [0, 0.05) is 6.20 Å². The summed E-state index contributed by atoms with van der Waals surface area (Å²) in [6.45, 7) is 4.32. The Morgan fingerprint density at radius 1 is 1.46 bits per heavy atom. The van der Waals surface area contributed by atoms with Crippen LogP contribution in [-0.2, 0) is 6.42 Å². The van der Waals surface area contributed by atoms with Crippen LogP contribution < -0.4 is 5.73 Å². The number of nitrogen functional groups attached to an aromatic ring is 1. The van der Waals surface area contributed by atoms with Gasteiger partial charge in [0.1, 0.15) is 0 Å². The van der Waals surface area contributed by atoms with Crippen LogP contribution in [0.3, 0.4) is 0 Å². The van der Waals surface area contributed by atoms with Crippen molar-refractivity contribution in [3.05, 3.63) is 20.8 Å². The summed E-state index contributed by atoms with van der Waals surface area (Å²) in [4.78, 5) is 4.31. The van der Waals surface area contributed by atoms with Crippen molar-refractivity contribution in [2.45, 2.75) is 20.3 Å². The van der Waals surface area contributed by atoms with Gasteiger partial charge in [-0.25, -0.2) is 0 Å². The SMILES string of the molecule is CC(C)Cc1ncc(Br)c(N)c1Br. The average molecular weight is 308 g/mol. The molecule has 0 aliphatic rings. The zero-order valence-corrected chi connectivity index (χ0v) is 10.8. The Morgan fingerprint density at radius 3 is 2.62 bits per heavy atom. The first-order valence-corrected chi connectivity index (χ1v) is 5.69. The first-order valence-electron chi connectivity index (χ1n) is 4.10. The summed E-state index contributed by atoms with van der Waals surface area (Å²) < 4.78 is 1.75. The Morgan fingerprint density at radius 2 is 2.08 bits per heavy atom. The minimum Gasteiger partial charge on any atom is -0.397 e. The summed E-state index contributed by atoms with van der Waals surface area (Å²) in [6.07, 6.45) is 2.69. The van der Waals surface area contributed by atoms with Crippen molar-refractivity contribution in [2.24, 2.45) is 5.92 Å². The van der Waals surface area contributed by atoms with Crippen molar-refractivity contribution >= 4 is 37.5 Å². The molecule has 1 rings (SSSR count). The quantitative estimate of drug-likeness (QED) is 0.909. The van der Waals surface area contributed by atoms with Crippen molar-refractivity contribution < 1.29 is 0 Å². The van der Waals surface area contributed by atoms with E-state index in [0.29, 0.717) is 5.92 Å². The van der Waals surface area contributed by atoms with Crippen LogP contribution in [-0.4, -0.2) is 4.98 Å². The van der Waals surface area contributed by atoms with Crippen molar-refractivity contribution in [1.29, 1.82) is 0 Å². The minimum atomic E-state index is 0.587. The lowest BCUT2D eigenvalue weighted by Crippen LogP contribution is -2.01. The maximum atomic E-state index is 5.82. The van der Waals surface area contributed by atoms with Crippen molar-refractivity contribution in [2.75, 3.05) is 5.73 Å². The molecule has 0 aromatic carbocycles. The predicted molar refractivity (Wildman–Crippen MR) is 62.6 cm³/mol. The summed E-state index contributed by atoms with van der Waals surface area (Å²) in [5, 5.41) is 0. The average Bonchev–Trinajstić information content (AvgIpc) is 2.06. The number of anilines is 1. The normalized spacial score (nSPS) is 10.8. The largest absolute Gasteiger partial charge is 0.397 e. The Hall–Kier alpha value is -0.0900. The number of aromatic nitrogens is 1. The van der Waals surface area contributed by atoms with Crippen molar-refractivity contribution in [3.63, 3.8) is 0 Å². The number of nitrogens with zero attached hydrogens (tertiary/aromatic N) is 1. The van der Waals surface area contributed by atoms with E-state index in [1.165, 1.54) is 0 Å². The number of hydrogen-bond donors (Lipinski definition) is 1. The van der Waals surface area contributed by atoms with Crippen LogP contribution >= 0.6 is 31.9 Å². The molecule has 0 fully saturated rings. The second kappa shape index (κ2) is 4.42. The molecule has 1 aromatic rings. The second-order valence-electron chi connectivity index (χ2n) is 3.38. The molecule has 0 amide bonds. The van der Waals surface area contributed by atoms with E-state index < -0.39 is 0 Å². The minimum absolute atomic E-state index is 0.587. The van der Waals surface area contributed by atoms with Crippen LogP contribution in [0.25, 0.3) is 0 Å². The third kappa shape index (κ3) is 2.68. The maximum Gasteiger partial charge on any atom is 0.0637 e. The predicted octanol–water partition coefficient (Wildman–Crippen LogP) is 3.39. The lowest BCUT2D eigenvalue weighted by atomic mass is 10.1. The van der Waals surface area contributed by atoms with Gasteiger partial charge in [-0.05, 0) is 44.2 Å². The van der Waals surface area contributed by atoms with E-state index in [2.05, 4.69) is 50.7 Å². The van der Waals surface area contributed by atoms with Gasteiger partial charge >= 0.3 is 0 Å². The zero-order valence-electron chi connectivity index (χ0n) is 7.64. The molecule has 0 saturated heterocycles. The maximum absolute atomic E-state index is 5.82. The van der Waals surface area contributed by atoms with Crippen LogP contribution in [0.5, 0.6) is 0 Å². The monoisotopic (exact) mass is 306 g/mol. The molecule has 2 nitrogen and oxygen atoms in total. The summed E-state index contributed by atoms with van der Waals surface area (Å²) >= 11 is 6.77. The number of hydrogen-bond acceptors (Lipinski definition) is 2. The standard InChI is InChI=1S/C9H12Br2N2/c1-5(2)3-7-8(11)9(12)6(10)4-13-7/h4-5H,3H2,1-2H3,(H2,12,13). The molecule has 0 aliphatic heterocycles. The third-order valence-corrected chi connectivity index (χ3v) is 3.20. The molecule has 1 aromatic heterocycles. The van der Waals surface area contributed by atoms with Gasteiger partial charge in [0.25, 0.3) is 0 Å². The van der Waals surface area contributed by atoms with Gasteiger partial charge in [0.05, 0.1) is 20.3 Å². The van der Waals surface area contributed by atoms with E-state index in [1.807, 2.05) is 0 Å². The lowest BCUT2D eigenvalue weighted by Gasteiger charge is -2.09. The number of halogens is 2. The van der Waals surface area contributed by atoms with E-state index in [9.17, 15) is 0 Å². The molecule has 0 radical (unpaired) electrons. The number of pyridine rings is 1. The highest BCUT2D eigenvalue weighted by atomic mass is 79.9. The summed E-state index contributed by atoms with van der Waals surface area (Å²) in [6, 6.07) is 0. The number of rotatable bonds is 2. The molecule has 4 heteroatoms. The Kier molecular flexibility index (Phi) is 3.74. The molecule has 0 saturated carbocycles. The van der Waals surface area contributed by atoms with Gasteiger partial charge in [-0.15, -0.1) is 0 Å². The van der Waals surface area contributed by atoms with Crippen molar-refractivity contribution in [3.8, 4) is 0 Å². The van der Waals surface area contributed by atoms with E-state index in [0.717, 1.165) is 26.7 Å².